The first-order chi connectivity index (χ1) is 11.9. The summed E-state index contributed by atoms with van der Waals surface area (Å²) < 4.78 is 0. The number of carbonyl (C=O) groups is 1. The Labute approximate surface area is 150 Å². The molecule has 0 saturated heterocycles. The average molecular weight is 337 g/mol. The molecule has 1 atom stereocenters. The minimum Gasteiger partial charge on any atom is -0.292 e. The number of allylic oxidation sites excluding steroid dienone is 7. The molecule has 0 unspecified atom stereocenters. The van der Waals surface area contributed by atoms with Crippen LogP contribution in [0.2, 0.25) is 0 Å². The Morgan fingerprint density at radius 1 is 1.24 bits per heavy atom. The van der Waals surface area contributed by atoms with Crippen LogP contribution in [0.15, 0.2) is 53.7 Å². The van der Waals surface area contributed by atoms with Gasteiger partial charge >= 0.3 is 0 Å². The molecule has 0 fully saturated rings. The molecule has 4 nitrogen and oxygen atoms in total. The summed E-state index contributed by atoms with van der Waals surface area (Å²) in [4.78, 5) is 14.0. The van der Waals surface area contributed by atoms with Gasteiger partial charge in [0.2, 0.25) is 5.91 Å². The third-order valence-electron chi connectivity index (χ3n) is 4.35. The Balaban J connectivity index is 2.24. The molecule has 0 spiro atoms. The second-order valence-corrected chi connectivity index (χ2v) is 6.60. The summed E-state index contributed by atoms with van der Waals surface area (Å²) in [7, 11) is 0. The normalized spacial score (nSPS) is 22.3. The van der Waals surface area contributed by atoms with Crippen LogP contribution in [0.5, 0.6) is 0 Å². The number of nitrogens with zero attached hydrogens (tertiary/aromatic N) is 3. The highest BCUT2D eigenvalue weighted by Gasteiger charge is 2.21. The molecule has 0 radical (unpaired) electrons. The van der Waals surface area contributed by atoms with Gasteiger partial charge in [0.25, 0.3) is 0 Å². The van der Waals surface area contributed by atoms with Crippen molar-refractivity contribution in [2.24, 2.45) is 0 Å². The number of anilines is 1. The number of hydrogen-bond acceptors (Lipinski definition) is 3. The monoisotopic (exact) mass is 337 g/mol. The van der Waals surface area contributed by atoms with Crippen LogP contribution in [-0.2, 0) is 4.79 Å². The Bertz CT molecular complexity index is 756. The second-order valence-electron chi connectivity index (χ2n) is 6.60. The molecule has 2 rings (SSSR count). The maximum absolute atomic E-state index is 12.3. The molecule has 1 amide bonds. The summed E-state index contributed by atoms with van der Waals surface area (Å²) >= 11 is 0. The van der Waals surface area contributed by atoms with Crippen molar-refractivity contribution in [2.45, 2.75) is 53.5 Å². The van der Waals surface area contributed by atoms with Crippen LogP contribution in [0.1, 0.15) is 44.9 Å². The molecular formula is C21H27N3O. The van der Waals surface area contributed by atoms with E-state index in [1.165, 1.54) is 11.1 Å². The Morgan fingerprint density at radius 2 is 2.00 bits per heavy atom. The maximum Gasteiger partial charge on any atom is 0.225 e. The van der Waals surface area contributed by atoms with E-state index in [-0.39, 0.29) is 11.9 Å². The smallest absolute Gasteiger partial charge is 0.225 e. The van der Waals surface area contributed by atoms with E-state index in [2.05, 4.69) is 60.5 Å². The lowest BCUT2D eigenvalue weighted by atomic mass is 10.0. The molecule has 1 aromatic heterocycles. The number of aromatic nitrogens is 2. The number of rotatable bonds is 4. The Kier molecular flexibility index (Phi) is 6.45. The van der Waals surface area contributed by atoms with E-state index in [0.717, 1.165) is 24.1 Å². The summed E-state index contributed by atoms with van der Waals surface area (Å²) in [5, 5.41) is 8.40. The lowest BCUT2D eigenvalue weighted by Gasteiger charge is -2.27. The van der Waals surface area contributed by atoms with Crippen molar-refractivity contribution in [1.29, 1.82) is 0 Å². The molecule has 132 valence electrons. The SMILES string of the molecule is CC(=O)N(c1cc(C)c(C)nn1)[C@H](C)CC1=C/C/C=C/C=C(C)\C=C\1. The van der Waals surface area contributed by atoms with Gasteiger partial charge in [-0.15, -0.1) is 5.10 Å². The van der Waals surface area contributed by atoms with Crippen LogP contribution < -0.4 is 4.90 Å². The quantitative estimate of drug-likeness (QED) is 0.806. The lowest BCUT2D eigenvalue weighted by molar-refractivity contribution is -0.117. The molecule has 0 aliphatic heterocycles. The molecule has 1 aromatic rings. The van der Waals surface area contributed by atoms with E-state index in [4.69, 9.17) is 0 Å². The predicted octanol–water partition coefficient (Wildman–Crippen LogP) is 4.61. The van der Waals surface area contributed by atoms with Crippen LogP contribution in [0.4, 0.5) is 5.82 Å². The van der Waals surface area contributed by atoms with Crippen molar-refractivity contribution >= 4 is 11.7 Å². The number of hydrogen-bond donors (Lipinski definition) is 0. The van der Waals surface area contributed by atoms with E-state index < -0.39 is 0 Å². The molecule has 1 aliphatic carbocycles. The average Bonchev–Trinajstić information content (AvgIpc) is 2.64. The maximum atomic E-state index is 12.3. The number of aryl methyl sites for hydroxylation is 2. The van der Waals surface area contributed by atoms with Crippen molar-refractivity contribution in [3.05, 3.63) is 64.9 Å². The van der Waals surface area contributed by atoms with Crippen molar-refractivity contribution in [2.75, 3.05) is 4.90 Å². The zero-order valence-corrected chi connectivity index (χ0v) is 15.8. The van der Waals surface area contributed by atoms with Gasteiger partial charge in [-0.25, -0.2) is 0 Å². The molecule has 1 heterocycles. The molecule has 0 bridgehead atoms. The van der Waals surface area contributed by atoms with Crippen molar-refractivity contribution in [3.63, 3.8) is 0 Å². The van der Waals surface area contributed by atoms with Gasteiger partial charge in [0.15, 0.2) is 5.82 Å². The van der Waals surface area contributed by atoms with Crippen LogP contribution in [-0.4, -0.2) is 22.1 Å². The fourth-order valence-electron chi connectivity index (χ4n) is 2.81. The van der Waals surface area contributed by atoms with Crippen molar-refractivity contribution in [1.82, 2.24) is 10.2 Å². The van der Waals surface area contributed by atoms with E-state index in [1.54, 1.807) is 11.8 Å². The summed E-state index contributed by atoms with van der Waals surface area (Å²) in [5.41, 5.74) is 4.35. The second kappa shape index (κ2) is 8.56. The van der Waals surface area contributed by atoms with Crippen molar-refractivity contribution in [3.8, 4) is 0 Å². The Hall–Kier alpha value is -2.49. The first-order valence-corrected chi connectivity index (χ1v) is 8.69. The van der Waals surface area contributed by atoms with Gasteiger partial charge in [0.05, 0.1) is 5.69 Å². The third kappa shape index (κ3) is 5.24. The van der Waals surface area contributed by atoms with Crippen LogP contribution in [0.3, 0.4) is 0 Å². The highest BCUT2D eigenvalue weighted by Crippen LogP contribution is 2.22. The van der Waals surface area contributed by atoms with E-state index in [1.807, 2.05) is 19.9 Å². The zero-order valence-electron chi connectivity index (χ0n) is 15.8. The summed E-state index contributed by atoms with van der Waals surface area (Å²) in [6, 6.07) is 1.93. The number of carbonyl (C=O) groups excluding carboxylic acids is 1. The van der Waals surface area contributed by atoms with Crippen molar-refractivity contribution < 1.29 is 4.79 Å². The summed E-state index contributed by atoms with van der Waals surface area (Å²) in [6.45, 7) is 9.62. The molecule has 0 saturated carbocycles. The van der Waals surface area contributed by atoms with Gasteiger partial charge < -0.3 is 0 Å². The van der Waals surface area contributed by atoms with Gasteiger partial charge in [-0.05, 0) is 57.7 Å². The van der Waals surface area contributed by atoms with Gasteiger partial charge in [-0.2, -0.15) is 5.10 Å². The van der Waals surface area contributed by atoms with Crippen LogP contribution in [0, 0.1) is 13.8 Å². The molecule has 0 aromatic carbocycles. The van der Waals surface area contributed by atoms with E-state index >= 15 is 0 Å². The minimum absolute atomic E-state index is 0.00109. The largest absolute Gasteiger partial charge is 0.292 e. The summed E-state index contributed by atoms with van der Waals surface area (Å²) in [5.74, 6) is 0.598. The van der Waals surface area contributed by atoms with Gasteiger partial charge in [0, 0.05) is 13.0 Å². The molecule has 4 heteroatoms. The summed E-state index contributed by atoms with van der Waals surface area (Å²) in [6.07, 6.45) is 14.4. The molecular weight excluding hydrogens is 310 g/mol. The van der Waals surface area contributed by atoms with Gasteiger partial charge in [0.1, 0.15) is 0 Å². The van der Waals surface area contributed by atoms with Gasteiger partial charge in [-0.1, -0.05) is 42.0 Å². The molecule has 0 N–H and O–H groups in total. The third-order valence-corrected chi connectivity index (χ3v) is 4.35. The lowest BCUT2D eigenvalue weighted by Crippen LogP contribution is -2.38. The molecule has 25 heavy (non-hydrogen) atoms. The van der Waals surface area contributed by atoms with Gasteiger partial charge in [-0.3, -0.25) is 9.69 Å². The van der Waals surface area contributed by atoms with Crippen LogP contribution >= 0.6 is 0 Å². The minimum atomic E-state index is -0.0197. The fourth-order valence-corrected chi connectivity index (χ4v) is 2.81. The first kappa shape index (κ1) is 18.8. The van der Waals surface area contributed by atoms with E-state index in [9.17, 15) is 4.79 Å². The van der Waals surface area contributed by atoms with Crippen LogP contribution in [0.25, 0.3) is 0 Å². The number of amides is 1. The standard InChI is InChI=1S/C21H27N3O/c1-15-9-7-6-8-10-20(12-11-15)14-17(3)24(19(5)25)21-13-16(2)18(4)22-23-21/h6-7,9-13,17H,8,14H2,1-5H3/b7-6+,12-11+,15-9-,20-10+/t17-/m1/s1. The zero-order chi connectivity index (χ0) is 18.4. The highest BCUT2D eigenvalue weighted by atomic mass is 16.2. The predicted molar refractivity (Wildman–Crippen MR) is 103 cm³/mol. The highest BCUT2D eigenvalue weighted by molar-refractivity contribution is 5.91. The fraction of sp³-hybridized carbons (Fsp3) is 0.381. The molecule has 1 aliphatic rings. The topological polar surface area (TPSA) is 46.1 Å². The Morgan fingerprint density at radius 3 is 2.68 bits per heavy atom. The first-order valence-electron chi connectivity index (χ1n) is 8.69. The van der Waals surface area contributed by atoms with E-state index in [0.29, 0.717) is 5.82 Å².